The van der Waals surface area contributed by atoms with E-state index in [-0.39, 0.29) is 23.5 Å². The maximum absolute atomic E-state index is 12.4. The second-order valence-corrected chi connectivity index (χ2v) is 6.07. The first-order valence-electron chi connectivity index (χ1n) is 7.27. The quantitative estimate of drug-likeness (QED) is 0.870. The summed E-state index contributed by atoms with van der Waals surface area (Å²) in [5.41, 5.74) is -0.347. The third kappa shape index (κ3) is 4.00. The highest BCUT2D eigenvalue weighted by atomic mass is 16.3. The largest absolute Gasteiger partial charge is 0.467 e. The van der Waals surface area contributed by atoms with Gasteiger partial charge >= 0.3 is 6.03 Å². The molecular weight excluding hydrogens is 270 g/mol. The number of furan rings is 1. The van der Waals surface area contributed by atoms with Crippen molar-refractivity contribution in [2.75, 3.05) is 6.54 Å². The Hall–Kier alpha value is -1.98. The highest BCUT2D eigenvalue weighted by Gasteiger charge is 2.33. The van der Waals surface area contributed by atoms with Gasteiger partial charge in [-0.1, -0.05) is 0 Å². The number of amides is 3. The van der Waals surface area contributed by atoms with Gasteiger partial charge in [0.25, 0.3) is 0 Å². The molecule has 2 heterocycles. The molecular formula is C15H23N3O3. The van der Waals surface area contributed by atoms with Crippen LogP contribution in [0, 0.1) is 0 Å². The third-order valence-corrected chi connectivity index (χ3v) is 3.77. The van der Waals surface area contributed by atoms with E-state index in [1.807, 2.05) is 26.8 Å². The zero-order chi connectivity index (χ0) is 15.5. The minimum atomic E-state index is -0.347. The van der Waals surface area contributed by atoms with Crippen LogP contribution in [0.1, 0.15) is 39.4 Å². The number of carbonyl (C=O) groups excluding carboxylic acids is 2. The van der Waals surface area contributed by atoms with Crippen LogP contribution in [0.4, 0.5) is 4.79 Å². The van der Waals surface area contributed by atoms with Crippen LogP contribution in [0.3, 0.4) is 0 Å². The van der Waals surface area contributed by atoms with Gasteiger partial charge in [-0.3, -0.25) is 4.79 Å². The van der Waals surface area contributed by atoms with Crippen LogP contribution in [0.25, 0.3) is 0 Å². The van der Waals surface area contributed by atoms with Crippen molar-refractivity contribution in [2.45, 2.75) is 51.7 Å². The topological polar surface area (TPSA) is 74.6 Å². The van der Waals surface area contributed by atoms with Crippen molar-refractivity contribution in [3.63, 3.8) is 0 Å². The van der Waals surface area contributed by atoms with Crippen LogP contribution in [-0.4, -0.2) is 35.0 Å². The van der Waals surface area contributed by atoms with E-state index in [0.29, 0.717) is 19.5 Å². The summed E-state index contributed by atoms with van der Waals surface area (Å²) in [6, 6.07) is 3.56. The number of hydrogen-bond acceptors (Lipinski definition) is 3. The van der Waals surface area contributed by atoms with Crippen LogP contribution in [0.2, 0.25) is 0 Å². The lowest BCUT2D eigenvalue weighted by Gasteiger charge is -2.29. The Labute approximate surface area is 124 Å². The molecule has 1 aliphatic rings. The molecule has 1 aromatic heterocycles. The number of carbonyl (C=O) groups is 2. The summed E-state index contributed by atoms with van der Waals surface area (Å²) in [7, 11) is 0. The fraction of sp³-hybridized carbons (Fsp3) is 0.600. The van der Waals surface area contributed by atoms with Gasteiger partial charge in [0.05, 0.1) is 18.3 Å². The van der Waals surface area contributed by atoms with Crippen molar-refractivity contribution in [1.82, 2.24) is 15.5 Å². The molecule has 1 saturated heterocycles. The van der Waals surface area contributed by atoms with Gasteiger partial charge in [-0.2, -0.15) is 0 Å². The van der Waals surface area contributed by atoms with Crippen LogP contribution >= 0.6 is 0 Å². The van der Waals surface area contributed by atoms with Gasteiger partial charge in [-0.15, -0.1) is 0 Å². The molecule has 2 N–H and O–H groups in total. The number of rotatable bonds is 5. The van der Waals surface area contributed by atoms with E-state index in [9.17, 15) is 9.59 Å². The van der Waals surface area contributed by atoms with E-state index >= 15 is 0 Å². The van der Waals surface area contributed by atoms with Crippen molar-refractivity contribution in [3.05, 3.63) is 24.2 Å². The first-order valence-corrected chi connectivity index (χ1v) is 7.27. The third-order valence-electron chi connectivity index (χ3n) is 3.77. The molecule has 1 aliphatic heterocycles. The van der Waals surface area contributed by atoms with Gasteiger partial charge in [0, 0.05) is 19.0 Å². The van der Waals surface area contributed by atoms with Gasteiger partial charge < -0.3 is 20.0 Å². The number of urea groups is 1. The highest BCUT2D eigenvalue weighted by molar-refractivity contribution is 5.80. The van der Waals surface area contributed by atoms with E-state index < -0.39 is 0 Å². The number of nitrogens with zero attached hydrogens (tertiary/aromatic N) is 1. The average molecular weight is 293 g/mol. The minimum absolute atomic E-state index is 0.0445. The summed E-state index contributed by atoms with van der Waals surface area (Å²) in [6.45, 7) is 6.73. The Bertz CT molecular complexity index is 498. The second kappa shape index (κ2) is 6.20. The Kier molecular flexibility index (Phi) is 4.55. The molecule has 1 unspecified atom stereocenters. The smallest absolute Gasteiger partial charge is 0.318 e. The van der Waals surface area contributed by atoms with E-state index in [2.05, 4.69) is 10.6 Å². The van der Waals surface area contributed by atoms with E-state index in [4.69, 9.17) is 4.42 Å². The van der Waals surface area contributed by atoms with Gasteiger partial charge in [-0.05, 0) is 39.3 Å². The maximum atomic E-state index is 12.4. The minimum Gasteiger partial charge on any atom is -0.467 e. The lowest BCUT2D eigenvalue weighted by molar-refractivity contribution is -0.119. The van der Waals surface area contributed by atoms with Gasteiger partial charge in [0.15, 0.2) is 0 Å². The molecule has 0 radical (unpaired) electrons. The molecule has 6 nitrogen and oxygen atoms in total. The Morgan fingerprint density at radius 1 is 1.57 bits per heavy atom. The zero-order valence-electron chi connectivity index (χ0n) is 12.8. The Morgan fingerprint density at radius 3 is 2.86 bits per heavy atom. The molecule has 0 aromatic carbocycles. The molecule has 2 rings (SSSR count). The predicted octanol–water partition coefficient (Wildman–Crippen LogP) is 1.87. The van der Waals surface area contributed by atoms with Crippen molar-refractivity contribution in [3.8, 4) is 0 Å². The predicted molar refractivity (Wildman–Crippen MR) is 78.6 cm³/mol. The summed E-state index contributed by atoms with van der Waals surface area (Å²) in [4.78, 5) is 25.4. The normalized spacial score (nSPS) is 21.4. The fourth-order valence-corrected chi connectivity index (χ4v) is 2.42. The summed E-state index contributed by atoms with van der Waals surface area (Å²) in [5, 5.41) is 5.82. The molecule has 0 spiro atoms. The fourth-order valence-electron chi connectivity index (χ4n) is 2.42. The van der Waals surface area contributed by atoms with Crippen LogP contribution in [-0.2, 0) is 11.3 Å². The lowest BCUT2D eigenvalue weighted by Crippen LogP contribution is -2.52. The van der Waals surface area contributed by atoms with E-state index in [1.54, 1.807) is 17.2 Å². The Balaban J connectivity index is 1.91. The summed E-state index contributed by atoms with van der Waals surface area (Å²) in [6.07, 6.45) is 2.86. The second-order valence-electron chi connectivity index (χ2n) is 6.07. The monoisotopic (exact) mass is 293 g/mol. The molecule has 1 atom stereocenters. The SMILES string of the molecule is CC(C)N(Cc1ccco1)C(=O)NCC1(C)CCC(=O)N1. The van der Waals surface area contributed by atoms with Crippen molar-refractivity contribution < 1.29 is 14.0 Å². The lowest BCUT2D eigenvalue weighted by atomic mass is 10.0. The first-order chi connectivity index (χ1) is 9.89. The Morgan fingerprint density at radius 2 is 2.33 bits per heavy atom. The molecule has 21 heavy (non-hydrogen) atoms. The van der Waals surface area contributed by atoms with Crippen LogP contribution < -0.4 is 10.6 Å². The molecule has 1 aromatic rings. The maximum Gasteiger partial charge on any atom is 0.318 e. The number of nitrogens with one attached hydrogen (secondary N) is 2. The molecule has 6 heteroatoms. The molecule has 1 fully saturated rings. The van der Waals surface area contributed by atoms with Crippen LogP contribution in [0.5, 0.6) is 0 Å². The van der Waals surface area contributed by atoms with Crippen molar-refractivity contribution in [2.24, 2.45) is 0 Å². The highest BCUT2D eigenvalue weighted by Crippen LogP contribution is 2.18. The molecule has 116 valence electrons. The van der Waals surface area contributed by atoms with Crippen LogP contribution in [0.15, 0.2) is 22.8 Å². The zero-order valence-corrected chi connectivity index (χ0v) is 12.8. The number of hydrogen-bond donors (Lipinski definition) is 2. The molecule has 0 saturated carbocycles. The summed E-state index contributed by atoms with van der Waals surface area (Å²) in [5.74, 6) is 0.794. The van der Waals surface area contributed by atoms with Gasteiger partial charge in [0.1, 0.15) is 5.76 Å². The van der Waals surface area contributed by atoms with Gasteiger partial charge in [0.2, 0.25) is 5.91 Å². The van der Waals surface area contributed by atoms with E-state index in [1.165, 1.54) is 0 Å². The van der Waals surface area contributed by atoms with Gasteiger partial charge in [-0.25, -0.2) is 4.79 Å². The van der Waals surface area contributed by atoms with Crippen molar-refractivity contribution >= 4 is 11.9 Å². The molecule has 3 amide bonds. The van der Waals surface area contributed by atoms with E-state index in [0.717, 1.165) is 12.2 Å². The molecule has 0 aliphatic carbocycles. The average Bonchev–Trinajstić information content (AvgIpc) is 3.03. The summed E-state index contributed by atoms with van der Waals surface area (Å²) < 4.78 is 5.30. The first kappa shape index (κ1) is 15.4. The summed E-state index contributed by atoms with van der Waals surface area (Å²) >= 11 is 0. The van der Waals surface area contributed by atoms with Crippen molar-refractivity contribution in [1.29, 1.82) is 0 Å². The molecule has 0 bridgehead atoms. The standard InChI is InChI=1S/C15H23N3O3/c1-11(2)18(9-12-5-4-8-21-12)14(20)16-10-15(3)7-6-13(19)17-15/h4-5,8,11H,6-7,9-10H2,1-3H3,(H,16,20)(H,17,19).